The van der Waals surface area contributed by atoms with E-state index in [1.807, 2.05) is 41.3 Å². The van der Waals surface area contributed by atoms with Gasteiger partial charge in [0.25, 0.3) is 5.91 Å². The Labute approximate surface area is 208 Å². The Morgan fingerprint density at radius 3 is 2.71 bits per heavy atom. The van der Waals surface area contributed by atoms with Gasteiger partial charge in [0.1, 0.15) is 17.0 Å². The molecule has 8 nitrogen and oxygen atoms in total. The van der Waals surface area contributed by atoms with Crippen LogP contribution in [0, 0.1) is 11.6 Å². The summed E-state index contributed by atoms with van der Waals surface area (Å²) < 4.78 is 7.35. The van der Waals surface area contributed by atoms with E-state index >= 15 is 0 Å². The standard InChI is InChI=1S/C26H26ClN6O2/c1-35-24-7-4-5-21(29-24)26(34)33-15-18-9-10-19(33)14-31(18)16-22-25(20-11-8-17(27)13-28-20)30-23-6-2-3-12-32(22)23/h2-8,11-13,18-19,27H,9-10,14-16H2,1H3/q+1. The zero-order valence-electron chi connectivity index (χ0n) is 19.4. The van der Waals surface area contributed by atoms with Gasteiger partial charge in [-0.15, -0.1) is 0 Å². The van der Waals surface area contributed by atoms with Crippen LogP contribution in [-0.4, -0.2) is 67.3 Å². The number of halogens is 1. The molecule has 178 valence electrons. The number of ether oxygens (including phenoxy) is 1. The molecule has 4 aromatic rings. The number of piperazine rings is 1. The topological polar surface area (TPSA) is 75.9 Å². The predicted octanol–water partition coefficient (Wildman–Crippen LogP) is 2.99. The molecule has 7 heterocycles. The number of aromatic nitrogens is 4. The number of carbonyl (C=O) groups excluding carboxylic acids is 1. The third-order valence-electron chi connectivity index (χ3n) is 7.02. The van der Waals surface area contributed by atoms with Crippen LogP contribution in [0.2, 0.25) is 5.02 Å². The minimum absolute atomic E-state index is 0.0260. The van der Waals surface area contributed by atoms with Crippen molar-refractivity contribution >= 4 is 11.6 Å². The molecule has 0 radical (unpaired) electrons. The summed E-state index contributed by atoms with van der Waals surface area (Å²) in [6, 6.07) is 15.6. The molecule has 0 N–H and O–H groups in total. The summed E-state index contributed by atoms with van der Waals surface area (Å²) >= 11 is 5.23. The molecule has 3 aliphatic heterocycles. The Hall–Kier alpha value is -3.49. The van der Waals surface area contributed by atoms with Crippen LogP contribution in [0.3, 0.4) is 0 Å². The van der Waals surface area contributed by atoms with Gasteiger partial charge >= 0.3 is 0 Å². The molecule has 2 atom stereocenters. The molecule has 0 saturated carbocycles. The highest BCUT2D eigenvalue weighted by Gasteiger charge is 2.42. The van der Waals surface area contributed by atoms with Crippen molar-refractivity contribution in [1.29, 1.82) is 0 Å². The maximum atomic E-state index is 13.3. The van der Waals surface area contributed by atoms with Gasteiger partial charge < -0.3 is 14.0 Å². The summed E-state index contributed by atoms with van der Waals surface area (Å²) in [5.74, 6) is 0.430. The minimum Gasteiger partial charge on any atom is -0.481 e. The number of fused-ring (bicyclic) bond motifs is 4. The van der Waals surface area contributed by atoms with E-state index in [2.05, 4.69) is 25.5 Å². The summed E-state index contributed by atoms with van der Waals surface area (Å²) in [6.07, 6.45) is 5.82. The number of carbonyl (C=O) groups is 1. The first-order chi connectivity index (χ1) is 17.1. The number of hydrogen-bond acceptors (Lipinski definition) is 6. The maximum absolute atomic E-state index is 13.3. The second-order valence-electron chi connectivity index (χ2n) is 9.05. The van der Waals surface area contributed by atoms with Gasteiger partial charge in [-0.25, -0.2) is 15.0 Å². The molecule has 2 bridgehead atoms. The molecule has 0 spiro atoms. The lowest BCUT2D eigenvalue weighted by Crippen LogP contribution is -2.63. The number of rotatable bonds is 5. The number of amides is 1. The van der Waals surface area contributed by atoms with Gasteiger partial charge in [0, 0.05) is 50.0 Å². The summed E-state index contributed by atoms with van der Waals surface area (Å²) in [5, 5.41) is 0.711. The molecular formula is C26H26ClN6O2+. The number of hydrogen-bond donors (Lipinski definition) is 0. The lowest BCUT2D eigenvalue weighted by Gasteiger charge is -2.51. The molecule has 9 heteroatoms. The predicted molar refractivity (Wildman–Crippen MR) is 128 cm³/mol. The highest BCUT2D eigenvalue weighted by molar-refractivity contribution is 5.93. The van der Waals surface area contributed by atoms with Crippen LogP contribution in [-0.2, 0) is 6.54 Å². The first-order valence-electron chi connectivity index (χ1n) is 11.8. The van der Waals surface area contributed by atoms with Crippen molar-refractivity contribution in [1.82, 2.24) is 29.2 Å². The highest BCUT2D eigenvalue weighted by Crippen LogP contribution is 2.33. The van der Waals surface area contributed by atoms with Gasteiger partial charge in [0.05, 0.1) is 24.7 Å². The number of methoxy groups -OCH3 is 1. The Morgan fingerprint density at radius 1 is 1.06 bits per heavy atom. The van der Waals surface area contributed by atoms with E-state index in [-0.39, 0.29) is 18.0 Å². The van der Waals surface area contributed by atoms with Gasteiger partial charge in [-0.3, -0.25) is 9.69 Å². The van der Waals surface area contributed by atoms with E-state index in [0.717, 1.165) is 48.7 Å². The lowest BCUT2D eigenvalue weighted by atomic mass is 9.90. The fourth-order valence-corrected chi connectivity index (χ4v) is 5.39. The molecule has 1 amide bonds. The minimum atomic E-state index is -0.0260. The van der Waals surface area contributed by atoms with Crippen LogP contribution >= 0.6 is 0 Å². The summed E-state index contributed by atoms with van der Waals surface area (Å²) in [6.45, 7) is 2.24. The zero-order valence-corrected chi connectivity index (χ0v) is 20.2. The fourth-order valence-electron chi connectivity index (χ4n) is 5.27. The molecule has 7 rings (SSSR count). The molecule has 3 saturated heterocycles. The number of imidazole rings is 1. The molecule has 3 aliphatic rings. The molecule has 0 aromatic carbocycles. The van der Waals surface area contributed by atoms with Crippen molar-refractivity contribution in [3.05, 3.63) is 77.3 Å². The van der Waals surface area contributed by atoms with Crippen molar-refractivity contribution < 1.29 is 21.1 Å². The van der Waals surface area contributed by atoms with E-state index in [9.17, 15) is 4.79 Å². The fraction of sp³-hybridized carbons (Fsp3) is 0.308. The van der Waals surface area contributed by atoms with E-state index in [1.54, 1.807) is 25.4 Å². The molecular weight excluding hydrogens is 464 g/mol. The Kier molecular flexibility index (Phi) is 5.62. The van der Waals surface area contributed by atoms with Crippen molar-refractivity contribution in [2.24, 2.45) is 0 Å². The Morgan fingerprint density at radius 2 is 1.94 bits per heavy atom. The zero-order chi connectivity index (χ0) is 23.9. The molecule has 4 aromatic heterocycles. The Balaban J connectivity index is 1.27. The SMILES string of the molecule is COc1cccc(C(=O)N2CC3CCC2CN3Cc2c(-c3ccc([ClH+])cn3)nc3ccccn23)n1. The highest BCUT2D eigenvalue weighted by atomic mass is 35.5. The normalized spacial score (nSPS) is 19.9. The average molecular weight is 490 g/mol. The van der Waals surface area contributed by atoms with Crippen LogP contribution in [0.5, 0.6) is 5.88 Å². The van der Waals surface area contributed by atoms with E-state index in [4.69, 9.17) is 21.3 Å². The average Bonchev–Trinajstić information content (AvgIpc) is 3.27. The van der Waals surface area contributed by atoms with Crippen LogP contribution in [0.15, 0.2) is 60.9 Å². The number of nitrogens with zero attached hydrogens (tertiary/aromatic N) is 6. The Bertz CT molecular complexity index is 1390. The third-order valence-corrected chi connectivity index (χ3v) is 7.26. The van der Waals surface area contributed by atoms with Gasteiger partial charge in [0.2, 0.25) is 10.9 Å². The lowest BCUT2D eigenvalue weighted by molar-refractivity contribution is -0.289. The van der Waals surface area contributed by atoms with Crippen molar-refractivity contribution in [3.8, 4) is 17.3 Å². The molecule has 0 aliphatic carbocycles. The van der Waals surface area contributed by atoms with E-state index in [0.29, 0.717) is 23.1 Å². The first-order valence-corrected chi connectivity index (χ1v) is 12.2. The largest absolute Gasteiger partial charge is 0.481 e. The van der Waals surface area contributed by atoms with Crippen molar-refractivity contribution in [3.63, 3.8) is 0 Å². The molecule has 2 unspecified atom stereocenters. The summed E-state index contributed by atoms with van der Waals surface area (Å²) in [4.78, 5) is 31.6. The molecule has 35 heavy (non-hydrogen) atoms. The van der Waals surface area contributed by atoms with Crippen LogP contribution in [0.25, 0.3) is 17.0 Å². The van der Waals surface area contributed by atoms with Gasteiger partial charge in [-0.1, -0.05) is 12.1 Å². The second kappa shape index (κ2) is 8.94. The van der Waals surface area contributed by atoms with E-state index in [1.165, 1.54) is 0 Å². The van der Waals surface area contributed by atoms with E-state index < -0.39 is 0 Å². The summed E-state index contributed by atoms with van der Waals surface area (Å²) in [7, 11) is 1.56. The number of piperidine rings is 2. The summed E-state index contributed by atoms with van der Waals surface area (Å²) in [5.41, 5.74) is 4.13. The van der Waals surface area contributed by atoms with Gasteiger partial charge in [-0.05, 0) is 37.1 Å². The van der Waals surface area contributed by atoms with Crippen LogP contribution < -0.4 is 4.74 Å². The quantitative estimate of drug-likeness (QED) is 0.429. The number of pyridine rings is 3. The monoisotopic (exact) mass is 489 g/mol. The van der Waals surface area contributed by atoms with Crippen molar-refractivity contribution in [2.75, 3.05) is 20.2 Å². The van der Waals surface area contributed by atoms with Gasteiger partial charge in [0.15, 0.2) is 11.6 Å². The second-order valence-corrected chi connectivity index (χ2v) is 9.52. The maximum Gasteiger partial charge on any atom is 0.272 e. The van der Waals surface area contributed by atoms with Crippen LogP contribution in [0.4, 0.5) is 0 Å². The van der Waals surface area contributed by atoms with Crippen LogP contribution in [0.1, 0.15) is 29.0 Å². The smallest absolute Gasteiger partial charge is 0.272 e. The third kappa shape index (κ3) is 4.02. The molecule has 3 fully saturated rings. The first kappa shape index (κ1) is 22.0. The van der Waals surface area contributed by atoms with Crippen molar-refractivity contribution in [2.45, 2.75) is 31.5 Å². The van der Waals surface area contributed by atoms with Gasteiger partial charge in [-0.2, -0.15) is 0 Å².